The number of rotatable bonds is 39. The van der Waals surface area contributed by atoms with Gasteiger partial charge in [0.05, 0.1) is 39.6 Å². The summed E-state index contributed by atoms with van der Waals surface area (Å²) in [6, 6.07) is 62.7. The van der Waals surface area contributed by atoms with Crippen LogP contribution in [-0.2, 0) is 39.3 Å². The van der Waals surface area contributed by atoms with E-state index in [1.807, 2.05) is 36.4 Å². The molecule has 7 rings (SSSR count). The number of unbranched alkanes of at least 4 members (excludes halogenated alkanes) is 9. The lowest BCUT2D eigenvalue weighted by Gasteiger charge is -2.14. The van der Waals surface area contributed by atoms with Gasteiger partial charge in [-0.05, 0) is 147 Å². The molecule has 396 valence electrons. The van der Waals surface area contributed by atoms with Gasteiger partial charge in [0.25, 0.3) is 0 Å². The zero-order chi connectivity index (χ0) is 51.5. The van der Waals surface area contributed by atoms with Crippen LogP contribution in [0.15, 0.2) is 182 Å². The Morgan fingerprint density at radius 2 is 0.400 bits per heavy atom. The summed E-state index contributed by atoms with van der Waals surface area (Å²) in [6.07, 6.45) is 12.4. The van der Waals surface area contributed by atoms with Crippen LogP contribution >= 0.6 is 0 Å². The number of hydrogen-bond acceptors (Lipinski definition) is 9. The maximum atomic E-state index is 6.29. The van der Waals surface area contributed by atoms with Crippen molar-refractivity contribution in [2.75, 3.05) is 39.6 Å². The molecule has 0 spiro atoms. The van der Waals surface area contributed by atoms with Crippen LogP contribution in [0.3, 0.4) is 0 Å². The molecule has 7 aromatic carbocycles. The van der Waals surface area contributed by atoms with Crippen molar-refractivity contribution in [1.82, 2.24) is 16.0 Å². The van der Waals surface area contributed by atoms with E-state index >= 15 is 0 Å². The summed E-state index contributed by atoms with van der Waals surface area (Å²) in [5, 5.41) is 10.5. The minimum atomic E-state index is 0.639. The van der Waals surface area contributed by atoms with E-state index < -0.39 is 0 Å². The lowest BCUT2D eigenvalue weighted by Crippen LogP contribution is -2.12. The second-order valence-corrected chi connectivity index (χ2v) is 19.2. The van der Waals surface area contributed by atoms with Crippen LogP contribution in [0.2, 0.25) is 0 Å². The predicted molar refractivity (Wildman–Crippen MR) is 305 cm³/mol. The first kappa shape index (κ1) is 56.0. The Balaban J connectivity index is 0.755. The Hall–Kier alpha value is -6.78. The van der Waals surface area contributed by atoms with Crippen LogP contribution in [-0.4, -0.2) is 39.6 Å². The average molecular weight is 1010 g/mol. The third-order valence-corrected chi connectivity index (χ3v) is 12.9. The highest BCUT2D eigenvalue weighted by molar-refractivity contribution is 5.42. The van der Waals surface area contributed by atoms with E-state index in [1.54, 1.807) is 0 Å². The molecule has 0 bridgehead atoms. The van der Waals surface area contributed by atoms with Gasteiger partial charge in [-0.3, -0.25) is 0 Å². The molecule has 0 atom stereocenters. The quantitative estimate of drug-likeness (QED) is 0.0326. The molecule has 0 heterocycles. The smallest absolute Gasteiger partial charge is 0.126 e. The molecule has 0 radical (unpaired) electrons. The van der Waals surface area contributed by atoms with Crippen molar-refractivity contribution in [3.63, 3.8) is 0 Å². The van der Waals surface area contributed by atoms with E-state index in [0.717, 1.165) is 151 Å². The van der Waals surface area contributed by atoms with Gasteiger partial charge < -0.3 is 44.4 Å². The summed E-state index contributed by atoms with van der Waals surface area (Å²) >= 11 is 0. The zero-order valence-electron chi connectivity index (χ0n) is 44.2. The Morgan fingerprint density at radius 1 is 0.200 bits per heavy atom. The Bertz CT molecular complexity index is 2230. The van der Waals surface area contributed by atoms with Crippen molar-refractivity contribution in [1.29, 1.82) is 0 Å². The normalized spacial score (nSPS) is 11.0. The molecular formula is C66H81N3O6. The molecule has 0 aliphatic rings. The molecule has 75 heavy (non-hydrogen) atoms. The fourth-order valence-electron chi connectivity index (χ4n) is 8.56. The number of nitrogens with one attached hydrogen (secondary N) is 3. The van der Waals surface area contributed by atoms with Gasteiger partial charge in [0.15, 0.2) is 0 Å². The standard InChI is InChI=1S/C66H81N3O6/c1(16-40-70-61-34-28-58(29-35-61)52-67-49-55-22-10-7-11-23-55)4-19-43-73-64-46-65(74-44-20-5-2-17-41-71-62-36-30-59(31-37-62)53-68-50-56-24-12-8-13-25-56)48-66(47-64)75-45-21-6-3-18-42-72-63-38-32-60(33-39-63)54-69-51-57-26-14-9-15-27-57/h7-15,22-39,46-48,67-69H,1-6,16-21,40-45,49-54H2. The maximum absolute atomic E-state index is 6.29. The minimum absolute atomic E-state index is 0.639. The highest BCUT2D eigenvalue weighted by Crippen LogP contribution is 2.29. The lowest BCUT2D eigenvalue weighted by molar-refractivity contribution is 0.269. The van der Waals surface area contributed by atoms with Gasteiger partial charge in [-0.25, -0.2) is 0 Å². The monoisotopic (exact) mass is 1010 g/mol. The first-order valence-corrected chi connectivity index (χ1v) is 27.6. The molecule has 7 aromatic rings. The molecule has 0 amide bonds. The molecule has 0 saturated heterocycles. The molecule has 0 fully saturated rings. The first-order chi connectivity index (χ1) is 37.2. The molecule has 9 nitrogen and oxygen atoms in total. The highest BCUT2D eigenvalue weighted by Gasteiger charge is 2.07. The summed E-state index contributed by atoms with van der Waals surface area (Å²) < 4.78 is 37.0. The Labute approximate surface area is 448 Å². The fraction of sp³-hybridized carbons (Fsp3) is 0.364. The van der Waals surface area contributed by atoms with E-state index in [-0.39, 0.29) is 0 Å². The Morgan fingerprint density at radius 3 is 0.627 bits per heavy atom. The zero-order valence-corrected chi connectivity index (χ0v) is 44.2. The van der Waals surface area contributed by atoms with Crippen LogP contribution < -0.4 is 44.4 Å². The van der Waals surface area contributed by atoms with Crippen LogP contribution in [0.5, 0.6) is 34.5 Å². The highest BCUT2D eigenvalue weighted by atomic mass is 16.5. The molecule has 3 N–H and O–H groups in total. The van der Waals surface area contributed by atoms with E-state index in [4.69, 9.17) is 28.4 Å². The minimum Gasteiger partial charge on any atom is -0.494 e. The second-order valence-electron chi connectivity index (χ2n) is 19.2. The first-order valence-electron chi connectivity index (χ1n) is 27.6. The van der Waals surface area contributed by atoms with Crippen molar-refractivity contribution >= 4 is 0 Å². The van der Waals surface area contributed by atoms with Crippen molar-refractivity contribution < 1.29 is 28.4 Å². The molecule has 9 heteroatoms. The summed E-state index contributed by atoms with van der Waals surface area (Å²) in [5.74, 6) is 5.11. The fourth-order valence-corrected chi connectivity index (χ4v) is 8.56. The number of hydrogen-bond donors (Lipinski definition) is 3. The van der Waals surface area contributed by atoms with Crippen LogP contribution in [0.4, 0.5) is 0 Å². The van der Waals surface area contributed by atoms with Crippen molar-refractivity contribution in [3.8, 4) is 34.5 Å². The molecule has 0 unspecified atom stereocenters. The summed E-state index contributed by atoms with van der Waals surface area (Å²) in [6.45, 7) is 9.10. The molecule has 0 aliphatic carbocycles. The predicted octanol–water partition coefficient (Wildman–Crippen LogP) is 14.6. The van der Waals surface area contributed by atoms with Gasteiger partial charge in [-0.2, -0.15) is 0 Å². The van der Waals surface area contributed by atoms with Gasteiger partial charge in [-0.15, -0.1) is 0 Å². The van der Waals surface area contributed by atoms with E-state index in [2.05, 4.69) is 162 Å². The van der Waals surface area contributed by atoms with Gasteiger partial charge in [0.2, 0.25) is 0 Å². The number of benzene rings is 7. The van der Waals surface area contributed by atoms with E-state index in [0.29, 0.717) is 39.6 Å². The summed E-state index contributed by atoms with van der Waals surface area (Å²) in [5.41, 5.74) is 7.62. The van der Waals surface area contributed by atoms with Crippen LogP contribution in [0.1, 0.15) is 110 Å². The second kappa shape index (κ2) is 34.7. The van der Waals surface area contributed by atoms with Gasteiger partial charge in [0, 0.05) is 57.5 Å². The molecular weight excluding hydrogens is 931 g/mol. The van der Waals surface area contributed by atoms with Crippen LogP contribution in [0.25, 0.3) is 0 Å². The molecule has 0 aliphatic heterocycles. The number of ether oxygens (including phenoxy) is 6. The average Bonchev–Trinajstić information content (AvgIpc) is 3.45. The Kier molecular flexibility index (Phi) is 25.9. The van der Waals surface area contributed by atoms with Gasteiger partial charge >= 0.3 is 0 Å². The molecule has 0 aromatic heterocycles. The summed E-state index contributed by atoms with van der Waals surface area (Å²) in [4.78, 5) is 0. The van der Waals surface area contributed by atoms with Crippen molar-refractivity contribution in [3.05, 3.63) is 215 Å². The molecule has 0 saturated carbocycles. The van der Waals surface area contributed by atoms with Gasteiger partial charge in [-0.1, -0.05) is 127 Å². The van der Waals surface area contributed by atoms with E-state index in [1.165, 1.54) is 33.4 Å². The van der Waals surface area contributed by atoms with Crippen molar-refractivity contribution in [2.24, 2.45) is 0 Å². The lowest BCUT2D eigenvalue weighted by atomic mass is 10.2. The largest absolute Gasteiger partial charge is 0.494 e. The maximum Gasteiger partial charge on any atom is 0.126 e. The SMILES string of the molecule is c1ccc(CNCc2ccc(OCCCCCCOc3cc(OCCCCCCOc4ccc(CNCc5ccccc5)cc4)cc(OCCCCCCOc4ccc(CNCc5ccccc5)cc4)c3)cc2)cc1. The third kappa shape index (κ3) is 23.5. The third-order valence-electron chi connectivity index (χ3n) is 12.9. The van der Waals surface area contributed by atoms with E-state index in [9.17, 15) is 0 Å². The van der Waals surface area contributed by atoms with Gasteiger partial charge in [0.1, 0.15) is 34.5 Å². The van der Waals surface area contributed by atoms with Crippen molar-refractivity contribution in [2.45, 2.75) is 116 Å². The summed E-state index contributed by atoms with van der Waals surface area (Å²) in [7, 11) is 0. The topological polar surface area (TPSA) is 91.5 Å². The van der Waals surface area contributed by atoms with Crippen LogP contribution in [0, 0.1) is 0 Å².